The van der Waals surface area contributed by atoms with Crippen molar-refractivity contribution in [1.82, 2.24) is 4.90 Å². The molecule has 0 spiro atoms. The van der Waals surface area contributed by atoms with Crippen molar-refractivity contribution in [3.8, 4) is 0 Å². The van der Waals surface area contributed by atoms with Gasteiger partial charge in [-0.2, -0.15) is 0 Å². The lowest BCUT2D eigenvalue weighted by Crippen LogP contribution is -2.44. The number of carboxylic acids is 1. The molecule has 4 nitrogen and oxygen atoms in total. The van der Waals surface area contributed by atoms with Crippen molar-refractivity contribution in [2.45, 2.75) is 26.5 Å². The van der Waals surface area contributed by atoms with E-state index in [1.807, 2.05) is 12.1 Å². The maximum absolute atomic E-state index is 10.8. The molecule has 4 heteroatoms. The van der Waals surface area contributed by atoms with Crippen LogP contribution in [-0.2, 0) is 11.3 Å². The topological polar surface area (TPSA) is 49.8 Å². The van der Waals surface area contributed by atoms with Crippen LogP contribution >= 0.6 is 0 Å². The maximum Gasteiger partial charge on any atom is 0.335 e. The molecule has 1 aliphatic rings. The Morgan fingerprint density at radius 2 is 2.11 bits per heavy atom. The highest BCUT2D eigenvalue weighted by Gasteiger charge is 2.22. The molecule has 1 saturated heterocycles. The summed E-state index contributed by atoms with van der Waals surface area (Å²) < 4.78 is 5.74. The van der Waals surface area contributed by atoms with Gasteiger partial charge in [0.1, 0.15) is 0 Å². The number of ether oxygens (including phenoxy) is 1. The Morgan fingerprint density at radius 1 is 1.42 bits per heavy atom. The van der Waals surface area contributed by atoms with Crippen molar-refractivity contribution >= 4 is 5.97 Å². The minimum Gasteiger partial charge on any atom is -0.478 e. The molecule has 1 aromatic carbocycles. The molecular formula is C15H21NO3. The van der Waals surface area contributed by atoms with E-state index in [9.17, 15) is 4.79 Å². The van der Waals surface area contributed by atoms with Gasteiger partial charge >= 0.3 is 5.97 Å². The predicted octanol–water partition coefficient (Wildman–Crippen LogP) is 2.24. The molecule has 1 heterocycles. The number of nitrogens with zero attached hydrogens (tertiary/aromatic N) is 1. The maximum atomic E-state index is 10.8. The SMILES string of the molecule is CC(C)C1CN(Cc2ccc(C(=O)O)cc2)CCO1. The Bertz CT molecular complexity index is 428. The summed E-state index contributed by atoms with van der Waals surface area (Å²) in [6, 6.07) is 7.11. The third kappa shape index (κ3) is 3.78. The van der Waals surface area contributed by atoms with Crippen LogP contribution in [0.5, 0.6) is 0 Å². The number of rotatable bonds is 4. The van der Waals surface area contributed by atoms with Crippen LogP contribution in [0.2, 0.25) is 0 Å². The van der Waals surface area contributed by atoms with E-state index in [4.69, 9.17) is 9.84 Å². The lowest BCUT2D eigenvalue weighted by molar-refractivity contribution is -0.0529. The molecule has 2 rings (SSSR count). The quantitative estimate of drug-likeness (QED) is 0.905. The molecule has 1 N–H and O–H groups in total. The van der Waals surface area contributed by atoms with Gasteiger partial charge in [-0.05, 0) is 23.6 Å². The number of hydrogen-bond acceptors (Lipinski definition) is 3. The van der Waals surface area contributed by atoms with Crippen molar-refractivity contribution in [2.24, 2.45) is 5.92 Å². The average Bonchev–Trinajstić information content (AvgIpc) is 2.39. The third-order valence-electron chi connectivity index (χ3n) is 3.53. The van der Waals surface area contributed by atoms with E-state index < -0.39 is 5.97 Å². The van der Waals surface area contributed by atoms with Crippen LogP contribution in [-0.4, -0.2) is 41.8 Å². The van der Waals surface area contributed by atoms with Crippen molar-refractivity contribution in [1.29, 1.82) is 0 Å². The second kappa shape index (κ2) is 6.17. The lowest BCUT2D eigenvalue weighted by Gasteiger charge is -2.34. The highest BCUT2D eigenvalue weighted by atomic mass is 16.5. The molecule has 104 valence electrons. The smallest absolute Gasteiger partial charge is 0.335 e. The Kier molecular flexibility index (Phi) is 4.56. The number of carbonyl (C=O) groups is 1. The van der Waals surface area contributed by atoms with Gasteiger partial charge in [0.25, 0.3) is 0 Å². The highest BCUT2D eigenvalue weighted by molar-refractivity contribution is 5.87. The van der Waals surface area contributed by atoms with Crippen LogP contribution in [0, 0.1) is 5.92 Å². The molecule has 1 atom stereocenters. The summed E-state index contributed by atoms with van der Waals surface area (Å²) in [4.78, 5) is 13.2. The second-order valence-corrected chi connectivity index (χ2v) is 5.39. The van der Waals surface area contributed by atoms with Gasteiger partial charge in [-0.1, -0.05) is 26.0 Å². The van der Waals surface area contributed by atoms with E-state index in [1.54, 1.807) is 12.1 Å². The fourth-order valence-electron chi connectivity index (χ4n) is 2.29. The first-order valence-electron chi connectivity index (χ1n) is 6.72. The predicted molar refractivity (Wildman–Crippen MR) is 73.3 cm³/mol. The third-order valence-corrected chi connectivity index (χ3v) is 3.53. The van der Waals surface area contributed by atoms with Gasteiger partial charge in [0, 0.05) is 19.6 Å². The number of aromatic carboxylic acids is 1. The Hall–Kier alpha value is -1.39. The fraction of sp³-hybridized carbons (Fsp3) is 0.533. The van der Waals surface area contributed by atoms with Gasteiger partial charge in [-0.3, -0.25) is 4.90 Å². The van der Waals surface area contributed by atoms with Gasteiger partial charge in [0.15, 0.2) is 0 Å². The summed E-state index contributed by atoms with van der Waals surface area (Å²) in [5.74, 6) is -0.352. The largest absolute Gasteiger partial charge is 0.478 e. The van der Waals surface area contributed by atoms with E-state index in [0.29, 0.717) is 17.6 Å². The van der Waals surface area contributed by atoms with Gasteiger partial charge < -0.3 is 9.84 Å². The molecule has 1 unspecified atom stereocenters. The zero-order chi connectivity index (χ0) is 13.8. The number of hydrogen-bond donors (Lipinski definition) is 1. The van der Waals surface area contributed by atoms with E-state index in [-0.39, 0.29) is 0 Å². The summed E-state index contributed by atoms with van der Waals surface area (Å²) in [6.45, 7) is 7.86. The summed E-state index contributed by atoms with van der Waals surface area (Å²) in [5, 5.41) is 8.87. The minimum atomic E-state index is -0.877. The summed E-state index contributed by atoms with van der Waals surface area (Å²) in [7, 11) is 0. The summed E-state index contributed by atoms with van der Waals surface area (Å²) in [5.41, 5.74) is 1.49. The first-order valence-corrected chi connectivity index (χ1v) is 6.72. The van der Waals surface area contributed by atoms with Gasteiger partial charge in [-0.15, -0.1) is 0 Å². The monoisotopic (exact) mass is 263 g/mol. The van der Waals surface area contributed by atoms with Gasteiger partial charge in [0.2, 0.25) is 0 Å². The molecule has 1 fully saturated rings. The van der Waals surface area contributed by atoms with Gasteiger partial charge in [-0.25, -0.2) is 4.79 Å². The van der Waals surface area contributed by atoms with Crippen LogP contribution in [0.1, 0.15) is 29.8 Å². The number of morpholine rings is 1. The normalized spacial score (nSPS) is 20.7. The van der Waals surface area contributed by atoms with E-state index >= 15 is 0 Å². The summed E-state index contributed by atoms with van der Waals surface area (Å²) in [6.07, 6.45) is 0.298. The van der Waals surface area contributed by atoms with Crippen molar-refractivity contribution < 1.29 is 14.6 Å². The van der Waals surface area contributed by atoms with Crippen molar-refractivity contribution in [2.75, 3.05) is 19.7 Å². The van der Waals surface area contributed by atoms with Crippen LogP contribution < -0.4 is 0 Å². The summed E-state index contributed by atoms with van der Waals surface area (Å²) >= 11 is 0. The zero-order valence-electron chi connectivity index (χ0n) is 11.5. The molecule has 0 saturated carbocycles. The first-order chi connectivity index (χ1) is 9.06. The average molecular weight is 263 g/mol. The molecule has 0 bridgehead atoms. The Morgan fingerprint density at radius 3 is 2.68 bits per heavy atom. The molecule has 0 aliphatic carbocycles. The molecule has 1 aromatic rings. The number of benzene rings is 1. The molecule has 0 aromatic heterocycles. The fourth-order valence-corrected chi connectivity index (χ4v) is 2.29. The van der Waals surface area contributed by atoms with E-state index in [1.165, 1.54) is 0 Å². The molecular weight excluding hydrogens is 242 g/mol. The standard InChI is InChI=1S/C15H21NO3/c1-11(2)14-10-16(7-8-19-14)9-12-3-5-13(6-4-12)15(17)18/h3-6,11,14H,7-10H2,1-2H3,(H,17,18). The zero-order valence-corrected chi connectivity index (χ0v) is 11.5. The minimum absolute atomic E-state index is 0.298. The Labute approximate surface area is 114 Å². The van der Waals surface area contributed by atoms with Crippen molar-refractivity contribution in [3.63, 3.8) is 0 Å². The molecule has 0 radical (unpaired) electrons. The number of carboxylic acid groups (broad SMARTS) is 1. The van der Waals surface area contributed by atoms with E-state index in [0.717, 1.165) is 31.8 Å². The lowest BCUT2D eigenvalue weighted by atomic mass is 10.0. The second-order valence-electron chi connectivity index (χ2n) is 5.39. The van der Waals surface area contributed by atoms with Crippen LogP contribution in [0.15, 0.2) is 24.3 Å². The molecule has 0 amide bonds. The molecule has 19 heavy (non-hydrogen) atoms. The van der Waals surface area contributed by atoms with Crippen LogP contribution in [0.25, 0.3) is 0 Å². The Balaban J connectivity index is 1.95. The molecule has 1 aliphatic heterocycles. The van der Waals surface area contributed by atoms with Gasteiger partial charge in [0.05, 0.1) is 18.3 Å². The van der Waals surface area contributed by atoms with Crippen LogP contribution in [0.4, 0.5) is 0 Å². The first kappa shape index (κ1) is 14.0. The highest BCUT2D eigenvalue weighted by Crippen LogP contribution is 2.16. The van der Waals surface area contributed by atoms with Crippen LogP contribution in [0.3, 0.4) is 0 Å². The van der Waals surface area contributed by atoms with E-state index in [2.05, 4.69) is 18.7 Å². The van der Waals surface area contributed by atoms with Crippen molar-refractivity contribution in [3.05, 3.63) is 35.4 Å².